The molecule has 1 amide bonds. The minimum absolute atomic E-state index is 0.117. The van der Waals surface area contributed by atoms with E-state index in [4.69, 9.17) is 5.11 Å². The van der Waals surface area contributed by atoms with E-state index in [9.17, 15) is 9.59 Å². The third-order valence-corrected chi connectivity index (χ3v) is 3.00. The van der Waals surface area contributed by atoms with Crippen molar-refractivity contribution in [2.45, 2.75) is 6.92 Å². The molecule has 0 spiro atoms. The molecule has 0 aliphatic heterocycles. The maximum Gasteiger partial charge on any atom is 0.354 e. The Morgan fingerprint density at radius 3 is 2.65 bits per heavy atom. The second-order valence-corrected chi connectivity index (χ2v) is 5.12. The number of hydrogen-bond donors (Lipinski definition) is 2. The van der Waals surface area contributed by atoms with Gasteiger partial charge in [0.2, 0.25) is 0 Å². The summed E-state index contributed by atoms with van der Waals surface area (Å²) in [4.78, 5) is 26.6. The van der Waals surface area contributed by atoms with Crippen LogP contribution in [0.4, 0.5) is 5.69 Å². The van der Waals surface area contributed by atoms with Crippen LogP contribution in [0.25, 0.3) is 0 Å². The number of carboxylic acid groups (broad SMARTS) is 1. The minimum atomic E-state index is -1.14. The Morgan fingerprint density at radius 2 is 2.00 bits per heavy atom. The Morgan fingerprint density at radius 1 is 1.25 bits per heavy atom. The van der Waals surface area contributed by atoms with Crippen LogP contribution in [0.1, 0.15) is 26.4 Å². The summed E-state index contributed by atoms with van der Waals surface area (Å²) in [5.41, 5.74) is 1.71. The summed E-state index contributed by atoms with van der Waals surface area (Å²) < 4.78 is 0.809. The molecular weight excluding hydrogens is 324 g/mol. The number of nitrogens with zero attached hydrogens (tertiary/aromatic N) is 1. The first-order valence-electron chi connectivity index (χ1n) is 5.73. The van der Waals surface area contributed by atoms with Crippen molar-refractivity contribution in [1.29, 1.82) is 0 Å². The number of hydrogen-bond acceptors (Lipinski definition) is 3. The van der Waals surface area contributed by atoms with Gasteiger partial charge in [0.15, 0.2) is 0 Å². The van der Waals surface area contributed by atoms with Crippen LogP contribution >= 0.6 is 15.9 Å². The topological polar surface area (TPSA) is 79.3 Å². The zero-order valence-corrected chi connectivity index (χ0v) is 12.1. The first-order chi connectivity index (χ1) is 9.45. The molecule has 102 valence electrons. The number of benzene rings is 1. The SMILES string of the molecule is Cc1cc(Br)cc(C(=O)Nc2ccnc(C(=O)O)c2)c1. The highest BCUT2D eigenvalue weighted by molar-refractivity contribution is 9.10. The average Bonchev–Trinajstić information content (AvgIpc) is 2.37. The van der Waals surface area contributed by atoms with Crippen LogP contribution in [-0.4, -0.2) is 22.0 Å². The molecule has 2 aromatic rings. The quantitative estimate of drug-likeness (QED) is 0.903. The summed E-state index contributed by atoms with van der Waals surface area (Å²) >= 11 is 3.33. The highest BCUT2D eigenvalue weighted by Gasteiger charge is 2.10. The lowest BCUT2D eigenvalue weighted by Crippen LogP contribution is -2.13. The third kappa shape index (κ3) is 3.42. The van der Waals surface area contributed by atoms with Crippen LogP contribution in [-0.2, 0) is 0 Å². The zero-order valence-electron chi connectivity index (χ0n) is 10.6. The van der Waals surface area contributed by atoms with Gasteiger partial charge in [-0.2, -0.15) is 0 Å². The van der Waals surface area contributed by atoms with Gasteiger partial charge in [0.05, 0.1) is 0 Å². The number of carbonyl (C=O) groups is 2. The van der Waals surface area contributed by atoms with E-state index in [1.54, 1.807) is 12.1 Å². The van der Waals surface area contributed by atoms with Crippen molar-refractivity contribution in [3.63, 3.8) is 0 Å². The normalized spacial score (nSPS) is 10.1. The largest absolute Gasteiger partial charge is 0.477 e. The highest BCUT2D eigenvalue weighted by Crippen LogP contribution is 2.17. The Balaban J connectivity index is 2.23. The molecule has 1 aromatic carbocycles. The van der Waals surface area contributed by atoms with Gasteiger partial charge >= 0.3 is 5.97 Å². The molecule has 0 saturated carbocycles. The smallest absolute Gasteiger partial charge is 0.354 e. The number of nitrogens with one attached hydrogen (secondary N) is 1. The van der Waals surface area contributed by atoms with Gasteiger partial charge in [0.25, 0.3) is 5.91 Å². The molecule has 0 aliphatic carbocycles. The van der Waals surface area contributed by atoms with Crippen LogP contribution in [0.2, 0.25) is 0 Å². The minimum Gasteiger partial charge on any atom is -0.477 e. The van der Waals surface area contributed by atoms with E-state index in [1.165, 1.54) is 18.3 Å². The van der Waals surface area contributed by atoms with Gasteiger partial charge in [0.1, 0.15) is 5.69 Å². The Labute approximate surface area is 123 Å². The Kier molecular flexibility index (Phi) is 4.14. The molecule has 2 N–H and O–H groups in total. The second kappa shape index (κ2) is 5.83. The van der Waals surface area contributed by atoms with Crippen LogP contribution in [0.15, 0.2) is 41.0 Å². The van der Waals surface area contributed by atoms with Gasteiger partial charge in [-0.15, -0.1) is 0 Å². The Hall–Kier alpha value is -2.21. The van der Waals surface area contributed by atoms with E-state index in [0.29, 0.717) is 11.3 Å². The number of aromatic carboxylic acids is 1. The summed E-state index contributed by atoms with van der Waals surface area (Å²) in [7, 11) is 0. The summed E-state index contributed by atoms with van der Waals surface area (Å²) in [5, 5.41) is 11.5. The van der Waals surface area contributed by atoms with E-state index in [-0.39, 0.29) is 11.6 Å². The van der Waals surface area contributed by atoms with Crippen molar-refractivity contribution in [1.82, 2.24) is 4.98 Å². The van der Waals surface area contributed by atoms with Crippen LogP contribution in [0.3, 0.4) is 0 Å². The van der Waals surface area contributed by atoms with Crippen LogP contribution in [0, 0.1) is 6.92 Å². The number of carbonyl (C=O) groups excluding carboxylic acids is 1. The number of pyridine rings is 1. The monoisotopic (exact) mass is 334 g/mol. The molecule has 6 heteroatoms. The summed E-state index contributed by atoms with van der Waals surface area (Å²) in [6.45, 7) is 1.89. The van der Waals surface area contributed by atoms with E-state index < -0.39 is 5.97 Å². The molecule has 0 aliphatic rings. The lowest BCUT2D eigenvalue weighted by atomic mass is 10.1. The molecule has 0 atom stereocenters. The fraction of sp³-hybridized carbons (Fsp3) is 0.0714. The molecule has 1 aromatic heterocycles. The number of carboxylic acids is 1. The molecule has 0 fully saturated rings. The van der Waals surface area contributed by atoms with Crippen molar-refractivity contribution in [2.75, 3.05) is 5.32 Å². The van der Waals surface area contributed by atoms with Gasteiger partial charge in [-0.3, -0.25) is 4.79 Å². The average molecular weight is 335 g/mol. The van der Waals surface area contributed by atoms with E-state index >= 15 is 0 Å². The lowest BCUT2D eigenvalue weighted by Gasteiger charge is -2.07. The van der Waals surface area contributed by atoms with Crippen molar-refractivity contribution in [3.05, 3.63) is 57.8 Å². The second-order valence-electron chi connectivity index (χ2n) is 4.21. The van der Waals surface area contributed by atoms with Gasteiger partial charge < -0.3 is 10.4 Å². The fourth-order valence-electron chi connectivity index (χ4n) is 1.70. The molecular formula is C14H11BrN2O3. The van der Waals surface area contributed by atoms with Crippen LogP contribution < -0.4 is 5.32 Å². The van der Waals surface area contributed by atoms with Gasteiger partial charge in [-0.25, -0.2) is 9.78 Å². The fourth-order valence-corrected chi connectivity index (χ4v) is 2.30. The number of amides is 1. The first kappa shape index (κ1) is 14.2. The third-order valence-electron chi connectivity index (χ3n) is 2.54. The number of halogens is 1. The standard InChI is InChI=1S/C14H11BrN2O3/c1-8-4-9(6-10(15)5-8)13(18)17-11-2-3-16-12(7-11)14(19)20/h2-7H,1H3,(H,19,20)(H,16,17,18). The highest BCUT2D eigenvalue weighted by atomic mass is 79.9. The molecule has 1 heterocycles. The molecule has 0 radical (unpaired) electrons. The molecule has 0 bridgehead atoms. The van der Waals surface area contributed by atoms with Gasteiger partial charge in [-0.1, -0.05) is 15.9 Å². The maximum absolute atomic E-state index is 12.1. The van der Waals surface area contributed by atoms with E-state index in [1.807, 2.05) is 13.0 Å². The molecule has 0 unspecified atom stereocenters. The van der Waals surface area contributed by atoms with E-state index in [0.717, 1.165) is 10.0 Å². The zero-order chi connectivity index (χ0) is 14.7. The number of anilines is 1. The van der Waals surface area contributed by atoms with Crippen LogP contribution in [0.5, 0.6) is 0 Å². The van der Waals surface area contributed by atoms with Crippen molar-refractivity contribution in [3.8, 4) is 0 Å². The van der Waals surface area contributed by atoms with Gasteiger partial charge in [-0.05, 0) is 42.8 Å². The van der Waals surface area contributed by atoms with Crippen molar-refractivity contribution < 1.29 is 14.7 Å². The molecule has 0 saturated heterocycles. The number of aromatic nitrogens is 1. The Bertz CT molecular complexity index is 666. The predicted octanol–water partition coefficient (Wildman–Crippen LogP) is 3.10. The summed E-state index contributed by atoms with van der Waals surface area (Å²) in [6, 6.07) is 8.19. The molecule has 2 rings (SSSR count). The molecule has 5 nitrogen and oxygen atoms in total. The van der Waals surface area contributed by atoms with Crippen molar-refractivity contribution >= 4 is 33.5 Å². The molecule has 20 heavy (non-hydrogen) atoms. The first-order valence-corrected chi connectivity index (χ1v) is 6.53. The summed E-state index contributed by atoms with van der Waals surface area (Å²) in [6.07, 6.45) is 1.34. The number of aryl methyl sites for hydroxylation is 1. The predicted molar refractivity (Wildman–Crippen MR) is 78.0 cm³/mol. The number of rotatable bonds is 3. The van der Waals surface area contributed by atoms with Crippen molar-refractivity contribution in [2.24, 2.45) is 0 Å². The lowest BCUT2D eigenvalue weighted by molar-refractivity contribution is 0.0690. The maximum atomic E-state index is 12.1. The van der Waals surface area contributed by atoms with Gasteiger partial charge in [0, 0.05) is 21.9 Å². The van der Waals surface area contributed by atoms with E-state index in [2.05, 4.69) is 26.2 Å². The summed E-state index contributed by atoms with van der Waals surface area (Å²) in [5.74, 6) is -1.45.